The summed E-state index contributed by atoms with van der Waals surface area (Å²) in [7, 11) is 0. The number of alkyl halides is 2. The summed E-state index contributed by atoms with van der Waals surface area (Å²) in [5.74, 6) is 4.48. The van der Waals surface area contributed by atoms with Crippen LogP contribution in [0.25, 0.3) is 0 Å². The highest BCUT2D eigenvalue weighted by Crippen LogP contribution is 2.30. The number of esters is 4. The number of unbranched alkanes of at least 4 members (excludes halogenated alkanes) is 40. The van der Waals surface area contributed by atoms with Crippen LogP contribution in [0.1, 0.15) is 597 Å². The van der Waals surface area contributed by atoms with Crippen LogP contribution in [0.15, 0.2) is 0 Å². The van der Waals surface area contributed by atoms with Crippen molar-refractivity contribution in [2.45, 2.75) is 597 Å². The molecule has 0 aromatic heterocycles. The maximum absolute atomic E-state index is 12.5. The normalized spacial score (nSPS) is 12.7. The Kier molecular flexibility index (Phi) is 120. The van der Waals surface area contributed by atoms with Gasteiger partial charge in [0.1, 0.15) is 5.78 Å². The molecule has 0 saturated heterocycles. The quantitative estimate of drug-likeness (QED) is 0.0192. The lowest BCUT2D eigenvalue weighted by atomic mass is 9.85. The molecule has 0 bridgehead atoms. The third-order valence-corrected chi connectivity index (χ3v) is 27.6. The summed E-state index contributed by atoms with van der Waals surface area (Å²) in [4.78, 5) is 81.6. The van der Waals surface area contributed by atoms with Gasteiger partial charge in [-0.05, 0) is 182 Å². The maximum Gasteiger partial charge on any atom is 0.305 e. The van der Waals surface area contributed by atoms with E-state index >= 15 is 0 Å². The molecular formula is C113H220Br2ClNO12. The van der Waals surface area contributed by atoms with E-state index in [0.717, 1.165) is 163 Å². The lowest BCUT2D eigenvalue weighted by Gasteiger charge is -2.21. The molecule has 0 heterocycles. The molecule has 0 aliphatic rings. The Morgan fingerprint density at radius 2 is 0.434 bits per heavy atom. The highest BCUT2D eigenvalue weighted by Gasteiger charge is 2.19. The van der Waals surface area contributed by atoms with E-state index in [1.165, 1.54) is 334 Å². The molecule has 6 unspecified atom stereocenters. The largest absolute Gasteiger partial charge is 0.481 e. The van der Waals surface area contributed by atoms with Crippen molar-refractivity contribution in [2.24, 2.45) is 47.2 Å². The maximum atomic E-state index is 12.5. The van der Waals surface area contributed by atoms with Crippen molar-refractivity contribution in [3.8, 4) is 0 Å². The average Bonchev–Trinajstić information content (AvgIpc) is 0.951. The molecular weight excluding hydrogens is 1760 g/mol. The molecule has 16 heteroatoms. The van der Waals surface area contributed by atoms with Crippen LogP contribution in [0.3, 0.4) is 0 Å². The molecule has 0 aliphatic carbocycles. The minimum atomic E-state index is -0.703. The first-order chi connectivity index (χ1) is 62.8. The summed E-state index contributed by atoms with van der Waals surface area (Å²) in [5, 5.41) is 9.75. The Balaban J connectivity index is -0.000000627. The number of nitrogens with two attached hydrogens (primary N) is 1. The van der Waals surface area contributed by atoms with Gasteiger partial charge in [-0.1, -0.05) is 455 Å². The molecule has 0 amide bonds. The number of ether oxygens (including phenoxy) is 4. The van der Waals surface area contributed by atoms with Crippen LogP contribution in [-0.4, -0.2) is 89.6 Å². The van der Waals surface area contributed by atoms with Gasteiger partial charge >= 0.3 is 29.8 Å². The van der Waals surface area contributed by atoms with E-state index in [9.17, 15) is 33.6 Å². The Morgan fingerprint density at radius 1 is 0.233 bits per heavy atom. The number of Topliss-reactive ketones (excluding diaryl/α,β-unsaturated/α-hetero) is 1. The fourth-order valence-electron chi connectivity index (χ4n) is 17.0. The van der Waals surface area contributed by atoms with Gasteiger partial charge in [-0.25, -0.2) is 0 Å². The van der Waals surface area contributed by atoms with Crippen molar-refractivity contribution in [1.29, 1.82) is 0 Å². The predicted octanol–water partition coefficient (Wildman–Crippen LogP) is 37.0. The van der Waals surface area contributed by atoms with Gasteiger partial charge in [0.2, 0.25) is 5.24 Å². The van der Waals surface area contributed by atoms with Crippen molar-refractivity contribution >= 4 is 84.3 Å². The van der Waals surface area contributed by atoms with Gasteiger partial charge in [-0.2, -0.15) is 0 Å². The van der Waals surface area contributed by atoms with Gasteiger partial charge in [0.15, 0.2) is 0 Å². The third kappa shape index (κ3) is 113. The second-order valence-corrected chi connectivity index (χ2v) is 40.8. The monoisotopic (exact) mass is 1980 g/mol. The minimum absolute atomic E-state index is 0.0229. The standard InChI is InChI=1S/C52H102O4.C43H82O5.C8H19N.C5H8BrClO.C5H9BrO2/c1-7-13-18-28-39-49(35-16-10-4)45-55-51(53)41-32-26-22-20-24-30-37-48(44-43-47(12-6)34-15-9-3)38-31-25-21-23-27-33-42-52(54)56-46-50(36-17-11-5)40-29-19-14-8-2;1-5-9-13-23-31-39(29-11-7-3)37-47-42(45)35-27-21-17-15-19-25-33-41(44)34-26-20-16-18-22-28-36-43(46)48-38-40(30-12-8-4)32-24-14-10-6-2;1-3-5-6-8(4-2)7-9;2*6-4-2-1-3-5(7)8/h47-50H,7-46H2,1-6H3;39-40H,5-38H2,1-4H3;8H,3-7,9H2,1-2H3;1-4H2;1-4H2,(H,7,8). The molecule has 3 N–H and O–H groups in total. The second-order valence-electron chi connectivity index (χ2n) is 38.8. The highest BCUT2D eigenvalue weighted by atomic mass is 79.9. The smallest absolute Gasteiger partial charge is 0.305 e. The number of hydrogen-bond donors (Lipinski definition) is 2. The molecule has 0 spiro atoms. The number of carbonyl (C=O) groups excluding carboxylic acids is 6. The summed E-state index contributed by atoms with van der Waals surface area (Å²) < 4.78 is 22.8. The van der Waals surface area contributed by atoms with Crippen molar-refractivity contribution in [2.75, 3.05) is 43.6 Å². The van der Waals surface area contributed by atoms with E-state index in [0.29, 0.717) is 107 Å². The van der Waals surface area contributed by atoms with Crippen molar-refractivity contribution in [1.82, 2.24) is 0 Å². The number of carboxylic acid groups (broad SMARTS) is 1. The SMILES string of the molecule is CCCCC(CC)CN.CCCCCCC(CCCC)COC(=O)CCCCCCCCC(=O)CCCCCCCCC(=O)OCC(CCCC)CCCCCC.CCCCCCC(CCCC)COC(=O)CCCCCCCCC(CCCCCCCCC(=O)OCC(CCCC)CCCCCC)CCC(CC)CCCC.O=C(Cl)CCCCBr.O=C(O)CCCCBr. The summed E-state index contributed by atoms with van der Waals surface area (Å²) in [5.41, 5.74) is 5.52. The molecule has 0 aromatic rings. The van der Waals surface area contributed by atoms with Gasteiger partial charge in [-0.15, -0.1) is 0 Å². The average molecular weight is 1980 g/mol. The first kappa shape index (κ1) is 135. The van der Waals surface area contributed by atoms with Crippen LogP contribution in [0, 0.1) is 41.4 Å². The molecule has 0 saturated carbocycles. The van der Waals surface area contributed by atoms with Crippen LogP contribution in [0.5, 0.6) is 0 Å². The number of halogens is 3. The van der Waals surface area contributed by atoms with Gasteiger partial charge in [0.05, 0.1) is 26.4 Å². The van der Waals surface area contributed by atoms with Crippen molar-refractivity contribution in [3.05, 3.63) is 0 Å². The summed E-state index contributed by atoms with van der Waals surface area (Å²) in [6, 6.07) is 0. The van der Waals surface area contributed by atoms with Crippen molar-refractivity contribution < 1.29 is 57.6 Å². The number of rotatable bonds is 96. The summed E-state index contributed by atoms with van der Waals surface area (Å²) in [6.07, 6.45) is 91.9. The predicted molar refractivity (Wildman–Crippen MR) is 566 cm³/mol. The minimum Gasteiger partial charge on any atom is -0.481 e. The summed E-state index contributed by atoms with van der Waals surface area (Å²) >= 11 is 11.5. The zero-order valence-electron chi connectivity index (χ0n) is 87.7. The number of hydrogen-bond acceptors (Lipinski definition) is 12. The van der Waals surface area contributed by atoms with Crippen LogP contribution in [-0.2, 0) is 52.5 Å². The van der Waals surface area contributed by atoms with E-state index in [1.54, 1.807) is 0 Å². The Bertz CT molecular complexity index is 2160. The lowest BCUT2D eigenvalue weighted by Crippen LogP contribution is -2.14. The fourth-order valence-corrected chi connectivity index (χ4v) is 17.9. The zero-order valence-corrected chi connectivity index (χ0v) is 91.6. The number of aliphatic carboxylic acids is 1. The van der Waals surface area contributed by atoms with Crippen LogP contribution in [0.4, 0.5) is 0 Å². The number of carboxylic acids is 1. The summed E-state index contributed by atoms with van der Waals surface area (Å²) in [6.45, 7) is 30.5. The topological polar surface area (TPSA) is 203 Å². The van der Waals surface area contributed by atoms with Gasteiger partial charge in [-0.3, -0.25) is 33.6 Å². The molecule has 0 radical (unpaired) electrons. The Hall–Kier alpha value is -2.10. The van der Waals surface area contributed by atoms with Gasteiger partial charge in [0.25, 0.3) is 0 Å². The lowest BCUT2D eigenvalue weighted by molar-refractivity contribution is -0.146. The van der Waals surface area contributed by atoms with Gasteiger partial charge < -0.3 is 29.8 Å². The van der Waals surface area contributed by atoms with E-state index in [1.807, 2.05) is 0 Å². The fraction of sp³-hybridized carbons (Fsp3) is 0.938. The van der Waals surface area contributed by atoms with E-state index in [4.69, 9.17) is 41.4 Å². The third-order valence-electron chi connectivity index (χ3n) is 26.2. The second kappa shape index (κ2) is 115. The number of carbonyl (C=O) groups is 7. The molecule has 770 valence electrons. The van der Waals surface area contributed by atoms with E-state index in [2.05, 4.69) is 115 Å². The molecule has 13 nitrogen and oxygen atoms in total. The highest BCUT2D eigenvalue weighted by molar-refractivity contribution is 9.09. The molecule has 0 rings (SSSR count). The zero-order chi connectivity index (χ0) is 96.4. The molecule has 129 heavy (non-hydrogen) atoms. The van der Waals surface area contributed by atoms with Crippen LogP contribution < -0.4 is 5.73 Å². The first-order valence-corrected chi connectivity index (χ1v) is 58.8. The molecule has 6 atom stereocenters. The van der Waals surface area contributed by atoms with Crippen molar-refractivity contribution in [3.63, 3.8) is 0 Å². The molecule has 0 aromatic carbocycles. The Labute approximate surface area is 823 Å². The van der Waals surface area contributed by atoms with Crippen LogP contribution >= 0.6 is 43.5 Å². The molecule has 0 aliphatic heterocycles. The number of ketones is 1. The Morgan fingerprint density at radius 3 is 0.674 bits per heavy atom. The van der Waals surface area contributed by atoms with E-state index < -0.39 is 5.97 Å². The molecule has 0 fully saturated rings. The van der Waals surface area contributed by atoms with E-state index in [-0.39, 0.29) is 29.1 Å². The first-order valence-electron chi connectivity index (χ1n) is 56.1. The van der Waals surface area contributed by atoms with Crippen LogP contribution in [0.2, 0.25) is 0 Å². The van der Waals surface area contributed by atoms with Gasteiger partial charge in [0, 0.05) is 62.0 Å².